The molecule has 17 heavy (non-hydrogen) atoms. The van der Waals surface area contributed by atoms with Gasteiger partial charge < -0.3 is 0 Å². The lowest BCUT2D eigenvalue weighted by atomic mass is 10.1. The van der Waals surface area contributed by atoms with E-state index in [1.165, 1.54) is 5.56 Å². The minimum Gasteiger partial charge on any atom is -0.298 e. The van der Waals surface area contributed by atoms with E-state index in [0.717, 1.165) is 19.6 Å². The molecule has 1 atom stereocenters. The molecule has 0 heterocycles. The predicted octanol–water partition coefficient (Wildman–Crippen LogP) is 2.54. The van der Waals surface area contributed by atoms with E-state index in [2.05, 4.69) is 24.0 Å². The number of rotatable bonds is 5. The summed E-state index contributed by atoms with van der Waals surface area (Å²) in [4.78, 5) is 2.23. The first kappa shape index (κ1) is 13.2. The van der Waals surface area contributed by atoms with Crippen LogP contribution in [0.5, 0.6) is 0 Å². The molecule has 0 spiro atoms. The molecule has 3 heteroatoms. The first-order valence-corrected chi connectivity index (χ1v) is 5.80. The number of hydrogen-bond donors (Lipinski definition) is 0. The van der Waals surface area contributed by atoms with E-state index in [1.807, 2.05) is 31.2 Å². The van der Waals surface area contributed by atoms with Crippen molar-refractivity contribution in [2.45, 2.75) is 20.4 Å². The third-order valence-electron chi connectivity index (χ3n) is 2.69. The smallest absolute Gasteiger partial charge is 0.0991 e. The molecule has 0 N–H and O–H groups in total. The number of nitrogens with zero attached hydrogens (tertiary/aromatic N) is 3. The molecule has 0 radical (unpaired) electrons. The predicted molar refractivity (Wildman–Crippen MR) is 66.9 cm³/mol. The van der Waals surface area contributed by atoms with Gasteiger partial charge in [0.1, 0.15) is 0 Å². The topological polar surface area (TPSA) is 50.8 Å². The fourth-order valence-electron chi connectivity index (χ4n) is 1.68. The van der Waals surface area contributed by atoms with Crippen molar-refractivity contribution in [1.82, 2.24) is 4.90 Å². The lowest BCUT2D eigenvalue weighted by Gasteiger charge is -2.21. The summed E-state index contributed by atoms with van der Waals surface area (Å²) in [5.74, 6) is 0.0494. The zero-order valence-electron chi connectivity index (χ0n) is 10.3. The summed E-state index contributed by atoms with van der Waals surface area (Å²) in [6.45, 7) is 6.56. The zero-order chi connectivity index (χ0) is 12.7. The monoisotopic (exact) mass is 227 g/mol. The first-order chi connectivity index (χ1) is 8.19. The molecule has 3 nitrogen and oxygen atoms in total. The van der Waals surface area contributed by atoms with Crippen LogP contribution in [0.4, 0.5) is 0 Å². The molecular weight excluding hydrogens is 210 g/mol. The van der Waals surface area contributed by atoms with Gasteiger partial charge in [0, 0.05) is 13.1 Å². The molecule has 0 aliphatic carbocycles. The quantitative estimate of drug-likeness (QED) is 0.776. The molecule has 0 saturated heterocycles. The molecule has 0 aliphatic heterocycles. The molecule has 0 saturated carbocycles. The first-order valence-electron chi connectivity index (χ1n) is 5.80. The van der Waals surface area contributed by atoms with Crippen LogP contribution in [-0.2, 0) is 6.54 Å². The Hall–Kier alpha value is -1.84. The zero-order valence-corrected chi connectivity index (χ0v) is 10.3. The van der Waals surface area contributed by atoms with Crippen LogP contribution >= 0.6 is 0 Å². The van der Waals surface area contributed by atoms with E-state index in [4.69, 9.17) is 10.5 Å². The van der Waals surface area contributed by atoms with Crippen LogP contribution in [0.25, 0.3) is 0 Å². The van der Waals surface area contributed by atoms with Crippen molar-refractivity contribution in [1.29, 1.82) is 10.5 Å². The fourth-order valence-corrected chi connectivity index (χ4v) is 1.68. The molecule has 0 bridgehead atoms. The highest BCUT2D eigenvalue weighted by Crippen LogP contribution is 2.08. The third-order valence-corrected chi connectivity index (χ3v) is 2.69. The summed E-state index contributed by atoms with van der Waals surface area (Å²) in [6.07, 6.45) is 0. The van der Waals surface area contributed by atoms with Gasteiger partial charge in [0.15, 0.2) is 0 Å². The third kappa shape index (κ3) is 4.26. The van der Waals surface area contributed by atoms with Gasteiger partial charge in [-0.2, -0.15) is 10.5 Å². The summed E-state index contributed by atoms with van der Waals surface area (Å²) in [5.41, 5.74) is 1.86. The molecule has 1 rings (SSSR count). The maximum absolute atomic E-state index is 8.80. The standard InChI is InChI=1S/C14H17N3/c1-3-17(10-12(2)8-15)11-14-6-4-13(9-16)5-7-14/h4-7,12H,3,10-11H2,1-2H3. The van der Waals surface area contributed by atoms with Gasteiger partial charge in [-0.1, -0.05) is 19.1 Å². The Bertz CT molecular complexity index is 422. The Labute approximate surface area is 103 Å². The van der Waals surface area contributed by atoms with Crippen molar-refractivity contribution in [3.05, 3.63) is 35.4 Å². The van der Waals surface area contributed by atoms with Gasteiger partial charge in [0.05, 0.1) is 23.6 Å². The van der Waals surface area contributed by atoms with Crippen LogP contribution in [0.15, 0.2) is 24.3 Å². The van der Waals surface area contributed by atoms with E-state index in [9.17, 15) is 0 Å². The Morgan fingerprint density at radius 2 is 1.88 bits per heavy atom. The Morgan fingerprint density at radius 3 is 2.35 bits per heavy atom. The highest BCUT2D eigenvalue weighted by atomic mass is 15.1. The summed E-state index contributed by atoms with van der Waals surface area (Å²) in [5, 5.41) is 17.5. The van der Waals surface area contributed by atoms with Crippen molar-refractivity contribution >= 4 is 0 Å². The summed E-state index contributed by atoms with van der Waals surface area (Å²) in [6, 6.07) is 12.0. The minimum absolute atomic E-state index is 0.0494. The average molecular weight is 227 g/mol. The van der Waals surface area contributed by atoms with Crippen molar-refractivity contribution < 1.29 is 0 Å². The lowest BCUT2D eigenvalue weighted by Crippen LogP contribution is -2.27. The molecular formula is C14H17N3. The van der Waals surface area contributed by atoms with Gasteiger partial charge in [-0.15, -0.1) is 0 Å². The minimum atomic E-state index is 0.0494. The SMILES string of the molecule is CCN(Cc1ccc(C#N)cc1)CC(C)C#N. The Morgan fingerprint density at radius 1 is 1.24 bits per heavy atom. The molecule has 0 amide bonds. The highest BCUT2D eigenvalue weighted by molar-refractivity contribution is 5.31. The van der Waals surface area contributed by atoms with E-state index in [0.29, 0.717) is 5.56 Å². The number of hydrogen-bond acceptors (Lipinski definition) is 3. The Balaban J connectivity index is 2.62. The van der Waals surface area contributed by atoms with Crippen molar-refractivity contribution in [3.8, 4) is 12.1 Å². The van der Waals surface area contributed by atoms with E-state index >= 15 is 0 Å². The van der Waals surface area contributed by atoms with Gasteiger partial charge >= 0.3 is 0 Å². The van der Waals surface area contributed by atoms with Crippen molar-refractivity contribution in [2.75, 3.05) is 13.1 Å². The van der Waals surface area contributed by atoms with Gasteiger partial charge in [0.2, 0.25) is 0 Å². The largest absolute Gasteiger partial charge is 0.298 e. The highest BCUT2D eigenvalue weighted by Gasteiger charge is 2.08. The second kappa shape index (κ2) is 6.68. The maximum atomic E-state index is 8.80. The van der Waals surface area contributed by atoms with Crippen molar-refractivity contribution in [3.63, 3.8) is 0 Å². The van der Waals surface area contributed by atoms with Gasteiger partial charge in [-0.05, 0) is 31.2 Å². The molecule has 1 aromatic rings. The van der Waals surface area contributed by atoms with Crippen LogP contribution in [0.1, 0.15) is 25.0 Å². The molecule has 0 aromatic heterocycles. The molecule has 88 valence electrons. The average Bonchev–Trinajstić information content (AvgIpc) is 2.38. The van der Waals surface area contributed by atoms with Gasteiger partial charge in [0.25, 0.3) is 0 Å². The maximum Gasteiger partial charge on any atom is 0.0991 e. The van der Waals surface area contributed by atoms with Gasteiger partial charge in [-0.3, -0.25) is 4.90 Å². The summed E-state index contributed by atoms with van der Waals surface area (Å²) < 4.78 is 0. The molecule has 1 aromatic carbocycles. The molecule has 0 aliphatic rings. The van der Waals surface area contributed by atoms with Crippen LogP contribution < -0.4 is 0 Å². The van der Waals surface area contributed by atoms with E-state index in [1.54, 1.807) is 0 Å². The normalized spacial score (nSPS) is 11.8. The van der Waals surface area contributed by atoms with Crippen LogP contribution in [0.2, 0.25) is 0 Å². The van der Waals surface area contributed by atoms with Crippen LogP contribution in [-0.4, -0.2) is 18.0 Å². The lowest BCUT2D eigenvalue weighted by molar-refractivity contribution is 0.260. The van der Waals surface area contributed by atoms with Crippen LogP contribution in [0, 0.1) is 28.6 Å². The molecule has 1 unspecified atom stereocenters. The summed E-state index contributed by atoms with van der Waals surface area (Å²) in [7, 11) is 0. The fraction of sp³-hybridized carbons (Fsp3) is 0.429. The second-order valence-electron chi connectivity index (χ2n) is 4.17. The van der Waals surface area contributed by atoms with Crippen LogP contribution in [0.3, 0.4) is 0 Å². The van der Waals surface area contributed by atoms with Crippen molar-refractivity contribution in [2.24, 2.45) is 5.92 Å². The van der Waals surface area contributed by atoms with E-state index in [-0.39, 0.29) is 5.92 Å². The Kier molecular flexibility index (Phi) is 5.20. The molecule has 0 fully saturated rings. The van der Waals surface area contributed by atoms with E-state index < -0.39 is 0 Å². The van der Waals surface area contributed by atoms with Gasteiger partial charge in [-0.25, -0.2) is 0 Å². The second-order valence-corrected chi connectivity index (χ2v) is 4.17. The number of benzene rings is 1. The number of nitriles is 2. The summed E-state index contributed by atoms with van der Waals surface area (Å²) >= 11 is 0.